The molecule has 2 aromatic carbocycles. The van der Waals surface area contributed by atoms with E-state index in [-0.39, 0.29) is 18.8 Å². The first kappa shape index (κ1) is 22.1. The summed E-state index contributed by atoms with van der Waals surface area (Å²) in [6, 6.07) is 17.3. The van der Waals surface area contributed by atoms with Crippen molar-refractivity contribution in [3.8, 4) is 5.69 Å². The van der Waals surface area contributed by atoms with Crippen LogP contribution in [0.15, 0.2) is 60.7 Å². The SMILES string of the molecule is CCN(Cc1cccc(NC(=O)c2cc(C)n(-c3ccccc3)n2)c1)C(=O)C(F)(F)F. The van der Waals surface area contributed by atoms with Gasteiger partial charge in [0.2, 0.25) is 0 Å². The van der Waals surface area contributed by atoms with E-state index in [0.717, 1.165) is 11.4 Å². The van der Waals surface area contributed by atoms with Crippen LogP contribution < -0.4 is 5.32 Å². The summed E-state index contributed by atoms with van der Waals surface area (Å²) in [5.74, 6) is -2.35. The van der Waals surface area contributed by atoms with Crippen LogP contribution in [-0.2, 0) is 11.3 Å². The summed E-state index contributed by atoms with van der Waals surface area (Å²) in [6.45, 7) is 2.99. The van der Waals surface area contributed by atoms with Crippen LogP contribution in [0.25, 0.3) is 5.69 Å². The number of aryl methyl sites for hydroxylation is 1. The first-order chi connectivity index (χ1) is 14.7. The van der Waals surface area contributed by atoms with Crippen LogP contribution in [0.5, 0.6) is 0 Å². The van der Waals surface area contributed by atoms with Crippen molar-refractivity contribution in [3.63, 3.8) is 0 Å². The first-order valence-corrected chi connectivity index (χ1v) is 9.57. The molecule has 0 aliphatic rings. The Morgan fingerprint density at radius 2 is 1.77 bits per heavy atom. The number of hydrogen-bond donors (Lipinski definition) is 1. The van der Waals surface area contributed by atoms with Gasteiger partial charge in [-0.1, -0.05) is 30.3 Å². The lowest BCUT2D eigenvalue weighted by molar-refractivity contribution is -0.185. The molecule has 2 amide bonds. The van der Waals surface area contributed by atoms with E-state index in [0.29, 0.717) is 16.2 Å². The number of anilines is 1. The Kier molecular flexibility index (Phi) is 6.43. The van der Waals surface area contributed by atoms with Crippen molar-refractivity contribution in [1.29, 1.82) is 0 Å². The molecule has 3 aromatic rings. The summed E-state index contributed by atoms with van der Waals surface area (Å²) in [5, 5.41) is 7.04. The summed E-state index contributed by atoms with van der Waals surface area (Å²) in [7, 11) is 0. The summed E-state index contributed by atoms with van der Waals surface area (Å²) >= 11 is 0. The molecule has 0 spiro atoms. The molecule has 1 heterocycles. The van der Waals surface area contributed by atoms with E-state index in [1.807, 2.05) is 37.3 Å². The third-order valence-electron chi connectivity index (χ3n) is 4.59. The van der Waals surface area contributed by atoms with Crippen molar-refractivity contribution in [2.24, 2.45) is 0 Å². The smallest absolute Gasteiger partial charge is 0.331 e. The summed E-state index contributed by atoms with van der Waals surface area (Å²) in [4.78, 5) is 24.9. The van der Waals surface area contributed by atoms with E-state index >= 15 is 0 Å². The number of rotatable bonds is 6. The van der Waals surface area contributed by atoms with Crippen LogP contribution in [0, 0.1) is 6.92 Å². The van der Waals surface area contributed by atoms with Gasteiger partial charge >= 0.3 is 12.1 Å². The Hall–Kier alpha value is -3.62. The Bertz CT molecular complexity index is 1080. The number of alkyl halides is 3. The van der Waals surface area contributed by atoms with Crippen molar-refractivity contribution in [1.82, 2.24) is 14.7 Å². The van der Waals surface area contributed by atoms with Gasteiger partial charge in [0.1, 0.15) is 0 Å². The molecule has 1 aromatic heterocycles. The zero-order valence-corrected chi connectivity index (χ0v) is 17.0. The molecule has 1 N–H and O–H groups in total. The fourth-order valence-electron chi connectivity index (χ4n) is 3.09. The number of nitrogens with one attached hydrogen (secondary N) is 1. The number of hydrogen-bond acceptors (Lipinski definition) is 3. The Balaban J connectivity index is 1.74. The van der Waals surface area contributed by atoms with E-state index in [4.69, 9.17) is 0 Å². The maximum Gasteiger partial charge on any atom is 0.471 e. The third-order valence-corrected chi connectivity index (χ3v) is 4.59. The predicted molar refractivity (Wildman–Crippen MR) is 110 cm³/mol. The molecule has 0 unspecified atom stereocenters. The standard InChI is InChI=1S/C22H21F3N4O2/c1-3-28(21(31)22(23,24)25)14-16-8-7-9-17(13-16)26-20(30)19-12-15(2)29(27-19)18-10-5-4-6-11-18/h4-13H,3,14H2,1-2H3,(H,26,30). The second-order valence-electron chi connectivity index (χ2n) is 6.89. The average Bonchev–Trinajstić information content (AvgIpc) is 3.13. The van der Waals surface area contributed by atoms with Crippen molar-refractivity contribution in [3.05, 3.63) is 77.6 Å². The van der Waals surface area contributed by atoms with E-state index in [2.05, 4.69) is 10.4 Å². The van der Waals surface area contributed by atoms with Crippen molar-refractivity contribution in [2.75, 3.05) is 11.9 Å². The lowest BCUT2D eigenvalue weighted by atomic mass is 10.1. The normalized spacial score (nSPS) is 11.3. The highest BCUT2D eigenvalue weighted by Crippen LogP contribution is 2.21. The van der Waals surface area contributed by atoms with Gasteiger partial charge < -0.3 is 10.2 Å². The molecule has 31 heavy (non-hydrogen) atoms. The Labute approximate surface area is 177 Å². The number of halogens is 3. The van der Waals surface area contributed by atoms with Gasteiger partial charge in [0.05, 0.1) is 5.69 Å². The highest BCUT2D eigenvalue weighted by molar-refractivity contribution is 6.03. The highest BCUT2D eigenvalue weighted by Gasteiger charge is 2.41. The molecule has 0 saturated carbocycles. The van der Waals surface area contributed by atoms with Gasteiger partial charge in [-0.05, 0) is 49.7 Å². The van der Waals surface area contributed by atoms with Gasteiger partial charge in [-0.15, -0.1) is 0 Å². The van der Waals surface area contributed by atoms with Crippen LogP contribution in [0.2, 0.25) is 0 Å². The second-order valence-corrected chi connectivity index (χ2v) is 6.89. The van der Waals surface area contributed by atoms with Crippen molar-refractivity contribution >= 4 is 17.5 Å². The van der Waals surface area contributed by atoms with Crippen LogP contribution >= 0.6 is 0 Å². The van der Waals surface area contributed by atoms with Crippen LogP contribution in [0.1, 0.15) is 28.7 Å². The van der Waals surface area contributed by atoms with Gasteiger partial charge in [0.25, 0.3) is 5.91 Å². The molecule has 3 rings (SSSR count). The largest absolute Gasteiger partial charge is 0.471 e. The van der Waals surface area contributed by atoms with E-state index in [1.165, 1.54) is 13.0 Å². The maximum atomic E-state index is 12.7. The summed E-state index contributed by atoms with van der Waals surface area (Å²) in [5.41, 5.74) is 2.65. The number of carbonyl (C=O) groups excluding carboxylic acids is 2. The first-order valence-electron chi connectivity index (χ1n) is 9.57. The fraction of sp³-hybridized carbons (Fsp3) is 0.227. The lowest BCUT2D eigenvalue weighted by Crippen LogP contribution is -2.40. The maximum absolute atomic E-state index is 12.7. The van der Waals surface area contributed by atoms with Gasteiger partial charge in [-0.25, -0.2) is 4.68 Å². The molecule has 0 bridgehead atoms. The Morgan fingerprint density at radius 1 is 1.06 bits per heavy atom. The minimum absolute atomic E-state index is 0.0921. The zero-order chi connectivity index (χ0) is 22.6. The fourth-order valence-corrected chi connectivity index (χ4v) is 3.09. The Morgan fingerprint density at radius 3 is 2.42 bits per heavy atom. The van der Waals surface area contributed by atoms with Crippen molar-refractivity contribution in [2.45, 2.75) is 26.6 Å². The molecular weight excluding hydrogens is 409 g/mol. The number of aromatic nitrogens is 2. The minimum Gasteiger partial charge on any atom is -0.331 e. The minimum atomic E-state index is -4.93. The van der Waals surface area contributed by atoms with E-state index < -0.39 is 18.0 Å². The molecule has 0 fully saturated rings. The van der Waals surface area contributed by atoms with E-state index in [9.17, 15) is 22.8 Å². The average molecular weight is 430 g/mol. The zero-order valence-electron chi connectivity index (χ0n) is 17.0. The number of carbonyl (C=O) groups is 2. The lowest BCUT2D eigenvalue weighted by Gasteiger charge is -2.22. The summed E-state index contributed by atoms with van der Waals surface area (Å²) < 4.78 is 39.8. The van der Waals surface area contributed by atoms with Gasteiger partial charge in [-0.3, -0.25) is 9.59 Å². The molecule has 0 saturated heterocycles. The molecular formula is C22H21F3N4O2. The molecule has 6 nitrogen and oxygen atoms in total. The molecule has 0 radical (unpaired) electrons. The van der Waals surface area contributed by atoms with Gasteiger partial charge in [0, 0.05) is 24.5 Å². The number of nitrogens with zero attached hydrogens (tertiary/aromatic N) is 3. The highest BCUT2D eigenvalue weighted by atomic mass is 19.4. The number of amides is 2. The third kappa shape index (κ3) is 5.30. The van der Waals surface area contributed by atoms with Gasteiger partial charge in [-0.2, -0.15) is 18.3 Å². The number of benzene rings is 2. The quantitative estimate of drug-likeness (QED) is 0.633. The van der Waals surface area contributed by atoms with Crippen LogP contribution in [-0.4, -0.2) is 39.2 Å². The number of para-hydroxylation sites is 1. The molecule has 162 valence electrons. The van der Waals surface area contributed by atoms with Crippen LogP contribution in [0.3, 0.4) is 0 Å². The predicted octanol–water partition coefficient (Wildman–Crippen LogP) is 4.34. The monoisotopic (exact) mass is 430 g/mol. The molecule has 0 aliphatic carbocycles. The van der Waals surface area contributed by atoms with Crippen LogP contribution in [0.4, 0.5) is 18.9 Å². The summed E-state index contributed by atoms with van der Waals surface area (Å²) in [6.07, 6.45) is -4.93. The van der Waals surface area contributed by atoms with Gasteiger partial charge in [0.15, 0.2) is 5.69 Å². The molecule has 0 aliphatic heterocycles. The molecule has 9 heteroatoms. The van der Waals surface area contributed by atoms with E-state index in [1.54, 1.807) is 28.9 Å². The van der Waals surface area contributed by atoms with Crippen molar-refractivity contribution < 1.29 is 22.8 Å². The second kappa shape index (κ2) is 9.03. The topological polar surface area (TPSA) is 67.2 Å². The molecule has 0 atom stereocenters.